The quantitative estimate of drug-likeness (QED) is 0.446. The van der Waals surface area contributed by atoms with E-state index in [1.165, 1.54) is 11.3 Å². The molecule has 2 rings (SSSR count). The van der Waals surface area contributed by atoms with E-state index in [9.17, 15) is 4.79 Å². The predicted octanol–water partition coefficient (Wildman–Crippen LogP) is 3.86. The van der Waals surface area contributed by atoms with Crippen molar-refractivity contribution in [2.24, 2.45) is 5.10 Å². The van der Waals surface area contributed by atoms with Gasteiger partial charge in [-0.25, -0.2) is 9.78 Å². The third-order valence-electron chi connectivity index (χ3n) is 3.00. The number of rotatable bonds is 8. The minimum atomic E-state index is -0.358. The third-order valence-corrected chi connectivity index (χ3v) is 4.04. The number of carbonyl (C=O) groups is 1. The number of aromatic nitrogens is 1. The molecular weight excluding hydrogens is 326 g/mol. The largest absolute Gasteiger partial charge is 0.493 e. The average Bonchev–Trinajstić information content (AvgIpc) is 2.95. The van der Waals surface area contributed by atoms with Crippen molar-refractivity contribution in [1.29, 1.82) is 0 Å². The summed E-state index contributed by atoms with van der Waals surface area (Å²) in [5, 5.41) is 4.72. The second kappa shape index (κ2) is 9.02. The molecule has 0 unspecified atom stereocenters. The van der Waals surface area contributed by atoms with Gasteiger partial charge in [0.25, 0.3) is 0 Å². The SMILES string of the molecule is CCCOc1ccccc1/C=N\Nc1nc(C)c(C(=O)OCC)s1. The number of thiazole rings is 1. The summed E-state index contributed by atoms with van der Waals surface area (Å²) in [6.07, 6.45) is 2.62. The summed E-state index contributed by atoms with van der Waals surface area (Å²) in [6, 6.07) is 7.68. The van der Waals surface area contributed by atoms with Gasteiger partial charge in [0.2, 0.25) is 5.13 Å². The Morgan fingerprint density at radius 3 is 2.92 bits per heavy atom. The molecule has 0 aliphatic heterocycles. The summed E-state index contributed by atoms with van der Waals surface area (Å²) in [6.45, 7) is 6.60. The number of hydrogen-bond acceptors (Lipinski definition) is 7. The molecule has 0 saturated carbocycles. The highest BCUT2D eigenvalue weighted by Gasteiger charge is 2.15. The van der Waals surface area contributed by atoms with Gasteiger partial charge in [0.05, 0.1) is 25.1 Å². The third kappa shape index (κ3) is 4.79. The van der Waals surface area contributed by atoms with E-state index in [1.54, 1.807) is 20.1 Å². The topological polar surface area (TPSA) is 72.8 Å². The lowest BCUT2D eigenvalue weighted by Crippen LogP contribution is -2.03. The van der Waals surface area contributed by atoms with Crippen LogP contribution in [-0.4, -0.2) is 30.4 Å². The Hall–Kier alpha value is -2.41. The minimum absolute atomic E-state index is 0.339. The zero-order valence-corrected chi connectivity index (χ0v) is 14.9. The minimum Gasteiger partial charge on any atom is -0.493 e. The van der Waals surface area contributed by atoms with Crippen LogP contribution in [0.5, 0.6) is 5.75 Å². The Labute approximate surface area is 145 Å². The van der Waals surface area contributed by atoms with E-state index in [0.29, 0.717) is 28.9 Å². The highest BCUT2D eigenvalue weighted by Crippen LogP contribution is 2.23. The number of hydrogen-bond donors (Lipinski definition) is 1. The molecule has 1 heterocycles. The van der Waals surface area contributed by atoms with Gasteiger partial charge in [0, 0.05) is 5.56 Å². The molecule has 128 valence electrons. The molecular formula is C17H21N3O3S. The Bertz CT molecular complexity index is 713. The van der Waals surface area contributed by atoms with Gasteiger partial charge in [-0.1, -0.05) is 30.4 Å². The monoisotopic (exact) mass is 347 g/mol. The van der Waals surface area contributed by atoms with E-state index in [-0.39, 0.29) is 5.97 Å². The molecule has 0 fully saturated rings. The van der Waals surface area contributed by atoms with Crippen LogP contribution in [0, 0.1) is 6.92 Å². The molecule has 0 radical (unpaired) electrons. The lowest BCUT2D eigenvalue weighted by Gasteiger charge is -2.07. The van der Waals surface area contributed by atoms with Crippen molar-refractivity contribution < 1.29 is 14.3 Å². The number of esters is 1. The van der Waals surface area contributed by atoms with Crippen LogP contribution in [0.1, 0.15) is 41.2 Å². The highest BCUT2D eigenvalue weighted by atomic mass is 32.1. The lowest BCUT2D eigenvalue weighted by atomic mass is 10.2. The molecule has 7 heteroatoms. The number of aryl methyl sites for hydroxylation is 1. The van der Waals surface area contributed by atoms with Gasteiger partial charge in [-0.2, -0.15) is 5.10 Å². The normalized spacial score (nSPS) is 10.8. The van der Waals surface area contributed by atoms with E-state index in [4.69, 9.17) is 9.47 Å². The lowest BCUT2D eigenvalue weighted by molar-refractivity contribution is 0.0531. The number of anilines is 1. The number of nitrogens with zero attached hydrogens (tertiary/aromatic N) is 2. The maximum absolute atomic E-state index is 11.8. The number of carbonyl (C=O) groups excluding carboxylic acids is 1. The van der Waals surface area contributed by atoms with Crippen LogP contribution in [0.25, 0.3) is 0 Å². The van der Waals surface area contributed by atoms with Crippen LogP contribution < -0.4 is 10.2 Å². The molecule has 1 aromatic carbocycles. The average molecular weight is 347 g/mol. The van der Waals surface area contributed by atoms with Crippen LogP contribution in [0.4, 0.5) is 5.13 Å². The van der Waals surface area contributed by atoms with Gasteiger partial charge in [0.15, 0.2) is 0 Å². The van der Waals surface area contributed by atoms with Gasteiger partial charge in [-0.3, -0.25) is 5.43 Å². The molecule has 0 atom stereocenters. The fraction of sp³-hybridized carbons (Fsp3) is 0.353. The van der Waals surface area contributed by atoms with Crippen LogP contribution in [-0.2, 0) is 4.74 Å². The molecule has 0 bridgehead atoms. The summed E-state index contributed by atoms with van der Waals surface area (Å²) >= 11 is 1.22. The molecule has 0 amide bonds. The number of hydrazone groups is 1. The van der Waals surface area contributed by atoms with Crippen LogP contribution >= 0.6 is 11.3 Å². The van der Waals surface area contributed by atoms with E-state index in [2.05, 4.69) is 22.4 Å². The first-order valence-corrected chi connectivity index (χ1v) is 8.62. The van der Waals surface area contributed by atoms with Gasteiger partial charge < -0.3 is 9.47 Å². The molecule has 2 aromatic rings. The summed E-state index contributed by atoms with van der Waals surface area (Å²) in [7, 11) is 0. The predicted molar refractivity (Wildman–Crippen MR) is 96.3 cm³/mol. The van der Waals surface area contributed by atoms with Gasteiger partial charge >= 0.3 is 5.97 Å². The Morgan fingerprint density at radius 1 is 1.38 bits per heavy atom. The summed E-state index contributed by atoms with van der Waals surface area (Å²) < 4.78 is 10.7. The van der Waals surface area contributed by atoms with Gasteiger partial charge in [-0.15, -0.1) is 0 Å². The van der Waals surface area contributed by atoms with Crippen LogP contribution in [0.2, 0.25) is 0 Å². The number of nitrogens with one attached hydrogen (secondary N) is 1. The van der Waals surface area contributed by atoms with Crippen molar-refractivity contribution in [2.75, 3.05) is 18.6 Å². The van der Waals surface area contributed by atoms with Gasteiger partial charge in [-0.05, 0) is 32.4 Å². The molecule has 1 aromatic heterocycles. The second-order valence-corrected chi connectivity index (χ2v) is 5.91. The van der Waals surface area contributed by atoms with Crippen LogP contribution in [0.15, 0.2) is 29.4 Å². The fourth-order valence-electron chi connectivity index (χ4n) is 1.92. The fourth-order valence-corrected chi connectivity index (χ4v) is 2.73. The van der Waals surface area contributed by atoms with E-state index < -0.39 is 0 Å². The van der Waals surface area contributed by atoms with Crippen molar-refractivity contribution in [3.63, 3.8) is 0 Å². The maximum Gasteiger partial charge on any atom is 0.350 e. The number of ether oxygens (including phenoxy) is 2. The van der Waals surface area contributed by atoms with Crippen molar-refractivity contribution in [1.82, 2.24) is 4.98 Å². The molecule has 0 aliphatic carbocycles. The number of para-hydroxylation sites is 1. The van der Waals surface area contributed by atoms with E-state index >= 15 is 0 Å². The first kappa shape index (κ1) is 17.9. The number of benzene rings is 1. The van der Waals surface area contributed by atoms with E-state index in [0.717, 1.165) is 17.7 Å². The molecule has 0 aliphatic rings. The molecule has 1 N–H and O–H groups in total. The molecule has 0 spiro atoms. The zero-order chi connectivity index (χ0) is 17.4. The van der Waals surface area contributed by atoms with Crippen molar-refractivity contribution in [3.05, 3.63) is 40.4 Å². The van der Waals surface area contributed by atoms with Gasteiger partial charge in [0.1, 0.15) is 10.6 Å². The van der Waals surface area contributed by atoms with Crippen LogP contribution in [0.3, 0.4) is 0 Å². The smallest absolute Gasteiger partial charge is 0.350 e. The van der Waals surface area contributed by atoms with E-state index in [1.807, 2.05) is 24.3 Å². The van der Waals surface area contributed by atoms with Crippen molar-refractivity contribution in [2.45, 2.75) is 27.2 Å². The summed E-state index contributed by atoms with van der Waals surface area (Å²) in [4.78, 5) is 16.6. The second-order valence-electron chi connectivity index (χ2n) is 4.91. The first-order chi connectivity index (χ1) is 11.7. The standard InChI is InChI=1S/C17H21N3O3S/c1-4-10-23-14-9-7-6-8-13(14)11-18-20-17-19-12(3)15(24-17)16(21)22-5-2/h6-9,11H,4-5,10H2,1-3H3,(H,19,20)/b18-11-. The summed E-state index contributed by atoms with van der Waals surface area (Å²) in [5.41, 5.74) is 4.35. The Balaban J connectivity index is 2.04. The molecule has 24 heavy (non-hydrogen) atoms. The van der Waals surface area contributed by atoms with Crippen molar-refractivity contribution in [3.8, 4) is 5.75 Å². The van der Waals surface area contributed by atoms with Crippen molar-refractivity contribution >= 4 is 28.7 Å². The Kier molecular flexibility index (Phi) is 6.74. The Morgan fingerprint density at radius 2 is 2.17 bits per heavy atom. The first-order valence-electron chi connectivity index (χ1n) is 7.81. The molecule has 6 nitrogen and oxygen atoms in total. The zero-order valence-electron chi connectivity index (χ0n) is 14.0. The summed E-state index contributed by atoms with van der Waals surface area (Å²) in [5.74, 6) is 0.426. The molecule has 0 saturated heterocycles. The highest BCUT2D eigenvalue weighted by molar-refractivity contribution is 7.17. The maximum atomic E-state index is 11.8.